The number of nitrogens with two attached hydrogens (primary N) is 1. The summed E-state index contributed by atoms with van der Waals surface area (Å²) in [6.45, 7) is 4.01. The fraction of sp³-hybridized carbons (Fsp3) is 0.182. The Morgan fingerprint density at radius 3 is 2.77 bits per heavy atom. The monoisotopic (exact) mass is 175 g/mol. The van der Waals surface area contributed by atoms with Crippen molar-refractivity contribution in [1.82, 2.24) is 0 Å². The lowest BCUT2D eigenvalue weighted by Gasteiger charge is -2.04. The molecular weight excluding hydrogens is 162 g/mol. The van der Waals surface area contributed by atoms with Crippen molar-refractivity contribution >= 4 is 5.78 Å². The third-order valence-corrected chi connectivity index (χ3v) is 1.88. The quantitative estimate of drug-likeness (QED) is 0.557. The lowest BCUT2D eigenvalue weighted by molar-refractivity contribution is 0.104. The number of allylic oxidation sites excluding steroid dienone is 1. The average Bonchev–Trinajstić information content (AvgIpc) is 2.18. The number of benzene rings is 1. The Morgan fingerprint density at radius 1 is 1.46 bits per heavy atom. The summed E-state index contributed by atoms with van der Waals surface area (Å²) in [6.07, 6.45) is 2.06. The number of carbonyl (C=O) groups excluding carboxylic acids is 1. The molecule has 0 aliphatic heterocycles. The SMILES string of the molecule is C=CC(=O)c1ccccc1CCN. The minimum Gasteiger partial charge on any atom is -0.330 e. The van der Waals surface area contributed by atoms with Gasteiger partial charge in [-0.15, -0.1) is 0 Å². The molecule has 0 unspecified atom stereocenters. The van der Waals surface area contributed by atoms with E-state index in [1.165, 1.54) is 6.08 Å². The average molecular weight is 175 g/mol. The molecule has 0 saturated heterocycles. The van der Waals surface area contributed by atoms with Crippen LogP contribution in [0.3, 0.4) is 0 Å². The number of hydrogen-bond acceptors (Lipinski definition) is 2. The number of carbonyl (C=O) groups is 1. The normalized spacial score (nSPS) is 9.62. The molecule has 0 amide bonds. The van der Waals surface area contributed by atoms with Gasteiger partial charge in [0.05, 0.1) is 0 Å². The van der Waals surface area contributed by atoms with Gasteiger partial charge in [0.25, 0.3) is 0 Å². The second kappa shape index (κ2) is 4.58. The maximum Gasteiger partial charge on any atom is 0.185 e. The Kier molecular flexibility index (Phi) is 3.41. The van der Waals surface area contributed by atoms with Gasteiger partial charge < -0.3 is 5.73 Å². The van der Waals surface area contributed by atoms with E-state index in [1.54, 1.807) is 6.07 Å². The van der Waals surface area contributed by atoms with E-state index in [0.29, 0.717) is 12.1 Å². The standard InChI is InChI=1S/C11H13NO/c1-2-11(13)10-6-4-3-5-9(10)7-8-12/h2-6H,1,7-8,12H2. The molecule has 2 nitrogen and oxygen atoms in total. The van der Waals surface area contributed by atoms with Crippen LogP contribution in [0, 0.1) is 0 Å². The Hall–Kier alpha value is -1.41. The first-order valence-electron chi connectivity index (χ1n) is 4.24. The highest BCUT2D eigenvalue weighted by atomic mass is 16.1. The summed E-state index contributed by atoms with van der Waals surface area (Å²) in [5.41, 5.74) is 7.14. The van der Waals surface area contributed by atoms with Gasteiger partial charge in [-0.2, -0.15) is 0 Å². The third kappa shape index (κ3) is 2.26. The third-order valence-electron chi connectivity index (χ3n) is 1.88. The van der Waals surface area contributed by atoms with E-state index >= 15 is 0 Å². The fourth-order valence-electron chi connectivity index (χ4n) is 1.24. The van der Waals surface area contributed by atoms with Crippen LogP contribution in [-0.2, 0) is 6.42 Å². The highest BCUT2D eigenvalue weighted by Gasteiger charge is 2.05. The Bertz CT molecular complexity index is 318. The summed E-state index contributed by atoms with van der Waals surface area (Å²) < 4.78 is 0. The Labute approximate surface area is 78.1 Å². The van der Waals surface area contributed by atoms with Crippen molar-refractivity contribution in [2.45, 2.75) is 6.42 Å². The largest absolute Gasteiger partial charge is 0.330 e. The van der Waals surface area contributed by atoms with Crippen LogP contribution in [0.4, 0.5) is 0 Å². The summed E-state index contributed by atoms with van der Waals surface area (Å²) in [6, 6.07) is 7.47. The van der Waals surface area contributed by atoms with E-state index in [-0.39, 0.29) is 5.78 Å². The van der Waals surface area contributed by atoms with Crippen LogP contribution in [0.25, 0.3) is 0 Å². The van der Waals surface area contributed by atoms with Gasteiger partial charge in [-0.3, -0.25) is 4.79 Å². The van der Waals surface area contributed by atoms with E-state index in [0.717, 1.165) is 12.0 Å². The molecule has 2 heteroatoms. The van der Waals surface area contributed by atoms with Gasteiger partial charge in [0.1, 0.15) is 0 Å². The molecular formula is C11H13NO. The lowest BCUT2D eigenvalue weighted by Crippen LogP contribution is -2.07. The molecule has 1 rings (SSSR count). The lowest BCUT2D eigenvalue weighted by atomic mass is 10.0. The summed E-state index contributed by atoms with van der Waals surface area (Å²) in [5, 5.41) is 0. The molecule has 0 aromatic heterocycles. The molecule has 0 aliphatic carbocycles. The smallest absolute Gasteiger partial charge is 0.185 e. The second-order valence-corrected chi connectivity index (χ2v) is 2.76. The molecule has 0 atom stereocenters. The van der Waals surface area contributed by atoms with Crippen LogP contribution < -0.4 is 5.73 Å². The zero-order valence-electron chi connectivity index (χ0n) is 7.49. The van der Waals surface area contributed by atoms with Gasteiger partial charge in [0.15, 0.2) is 5.78 Å². The minimum atomic E-state index is -0.0379. The Morgan fingerprint density at radius 2 is 2.15 bits per heavy atom. The topological polar surface area (TPSA) is 43.1 Å². The van der Waals surface area contributed by atoms with Crippen molar-refractivity contribution < 1.29 is 4.79 Å². The van der Waals surface area contributed by atoms with Crippen molar-refractivity contribution in [2.75, 3.05) is 6.54 Å². The predicted octanol–water partition coefficient (Wildman–Crippen LogP) is 1.56. The van der Waals surface area contributed by atoms with Crippen molar-refractivity contribution in [3.8, 4) is 0 Å². The van der Waals surface area contributed by atoms with Crippen LogP contribution in [0.5, 0.6) is 0 Å². The van der Waals surface area contributed by atoms with Crippen molar-refractivity contribution in [2.24, 2.45) is 5.73 Å². The van der Waals surface area contributed by atoms with Crippen molar-refractivity contribution in [3.63, 3.8) is 0 Å². The van der Waals surface area contributed by atoms with Gasteiger partial charge in [-0.1, -0.05) is 30.8 Å². The number of rotatable bonds is 4. The zero-order chi connectivity index (χ0) is 9.68. The summed E-state index contributed by atoms with van der Waals surface area (Å²) in [7, 11) is 0. The molecule has 0 spiro atoms. The molecule has 0 fully saturated rings. The van der Waals surface area contributed by atoms with Crippen LogP contribution in [0.1, 0.15) is 15.9 Å². The molecule has 2 N–H and O–H groups in total. The predicted molar refractivity (Wildman–Crippen MR) is 53.7 cm³/mol. The van der Waals surface area contributed by atoms with E-state index in [9.17, 15) is 4.79 Å². The van der Waals surface area contributed by atoms with E-state index in [2.05, 4.69) is 6.58 Å². The maximum atomic E-state index is 11.4. The van der Waals surface area contributed by atoms with E-state index < -0.39 is 0 Å². The minimum absolute atomic E-state index is 0.0379. The van der Waals surface area contributed by atoms with Crippen molar-refractivity contribution in [1.29, 1.82) is 0 Å². The summed E-state index contributed by atoms with van der Waals surface area (Å²) in [5.74, 6) is -0.0379. The van der Waals surface area contributed by atoms with E-state index in [1.807, 2.05) is 18.2 Å². The molecule has 0 aliphatic rings. The van der Waals surface area contributed by atoms with Crippen LogP contribution in [0.2, 0.25) is 0 Å². The summed E-state index contributed by atoms with van der Waals surface area (Å²) in [4.78, 5) is 11.4. The number of ketones is 1. The molecule has 0 saturated carbocycles. The van der Waals surface area contributed by atoms with Gasteiger partial charge in [-0.25, -0.2) is 0 Å². The van der Waals surface area contributed by atoms with Gasteiger partial charge in [0, 0.05) is 5.56 Å². The van der Waals surface area contributed by atoms with Crippen LogP contribution in [0.15, 0.2) is 36.9 Å². The molecule has 1 aromatic rings. The highest BCUT2D eigenvalue weighted by molar-refractivity contribution is 6.05. The molecule has 68 valence electrons. The van der Waals surface area contributed by atoms with Crippen LogP contribution in [-0.4, -0.2) is 12.3 Å². The molecule has 0 radical (unpaired) electrons. The zero-order valence-corrected chi connectivity index (χ0v) is 7.49. The van der Waals surface area contributed by atoms with Crippen LogP contribution >= 0.6 is 0 Å². The fourth-order valence-corrected chi connectivity index (χ4v) is 1.24. The summed E-state index contributed by atoms with van der Waals surface area (Å²) >= 11 is 0. The molecule has 0 bridgehead atoms. The molecule has 1 aromatic carbocycles. The molecule has 13 heavy (non-hydrogen) atoms. The number of hydrogen-bond donors (Lipinski definition) is 1. The second-order valence-electron chi connectivity index (χ2n) is 2.76. The first kappa shape index (κ1) is 9.68. The first-order valence-corrected chi connectivity index (χ1v) is 4.24. The molecule has 0 heterocycles. The highest BCUT2D eigenvalue weighted by Crippen LogP contribution is 2.10. The van der Waals surface area contributed by atoms with Gasteiger partial charge in [-0.05, 0) is 24.6 Å². The first-order chi connectivity index (χ1) is 6.29. The van der Waals surface area contributed by atoms with Crippen molar-refractivity contribution in [3.05, 3.63) is 48.0 Å². The van der Waals surface area contributed by atoms with Gasteiger partial charge >= 0.3 is 0 Å². The maximum absolute atomic E-state index is 11.4. The van der Waals surface area contributed by atoms with Gasteiger partial charge in [0.2, 0.25) is 0 Å². The Balaban J connectivity index is 3.03. The van der Waals surface area contributed by atoms with E-state index in [4.69, 9.17) is 5.73 Å².